The molecule has 4 heteroatoms. The van der Waals surface area contributed by atoms with Crippen LogP contribution in [0.3, 0.4) is 0 Å². The Hall–Kier alpha value is -0.900. The lowest BCUT2D eigenvalue weighted by Gasteiger charge is -2.22. The van der Waals surface area contributed by atoms with E-state index in [2.05, 4.69) is 27.0 Å². The summed E-state index contributed by atoms with van der Waals surface area (Å²) in [5.41, 5.74) is 0.204. The summed E-state index contributed by atoms with van der Waals surface area (Å²) >= 11 is 0. The summed E-state index contributed by atoms with van der Waals surface area (Å²) in [6.07, 6.45) is 6.17. The lowest BCUT2D eigenvalue weighted by Crippen LogP contribution is -2.29. The Morgan fingerprint density at radius 2 is 2.19 bits per heavy atom. The van der Waals surface area contributed by atoms with E-state index in [1.165, 1.54) is 37.3 Å². The molecule has 2 aliphatic rings. The molecule has 3 heterocycles. The van der Waals surface area contributed by atoms with Crippen LogP contribution >= 0.6 is 0 Å². The SMILES string of the molecule is CC1(c2nnc3n2CCCCC3)CCNC1. The van der Waals surface area contributed by atoms with Gasteiger partial charge in [-0.2, -0.15) is 0 Å². The molecule has 0 spiro atoms. The molecular formula is C12H20N4. The van der Waals surface area contributed by atoms with Gasteiger partial charge in [-0.3, -0.25) is 0 Å². The normalized spacial score (nSPS) is 30.1. The Kier molecular flexibility index (Phi) is 2.46. The Bertz CT molecular complexity index is 376. The molecule has 1 N–H and O–H groups in total. The Morgan fingerprint density at radius 3 is 3.00 bits per heavy atom. The monoisotopic (exact) mass is 220 g/mol. The summed E-state index contributed by atoms with van der Waals surface area (Å²) in [6, 6.07) is 0. The van der Waals surface area contributed by atoms with E-state index in [9.17, 15) is 0 Å². The van der Waals surface area contributed by atoms with Crippen LogP contribution in [0.2, 0.25) is 0 Å². The van der Waals surface area contributed by atoms with Crippen LogP contribution in [-0.4, -0.2) is 27.9 Å². The number of aromatic nitrogens is 3. The van der Waals surface area contributed by atoms with Gasteiger partial charge in [0.2, 0.25) is 0 Å². The van der Waals surface area contributed by atoms with Crippen molar-refractivity contribution in [2.75, 3.05) is 13.1 Å². The van der Waals surface area contributed by atoms with Gasteiger partial charge >= 0.3 is 0 Å². The number of aryl methyl sites for hydroxylation is 1. The minimum atomic E-state index is 0.204. The topological polar surface area (TPSA) is 42.7 Å². The van der Waals surface area contributed by atoms with Gasteiger partial charge in [-0.15, -0.1) is 10.2 Å². The van der Waals surface area contributed by atoms with Crippen molar-refractivity contribution in [1.29, 1.82) is 0 Å². The standard InChI is InChI=1S/C12H20N4/c1-12(6-7-13-9-12)11-15-14-10-5-3-2-4-8-16(10)11/h13H,2-9H2,1H3. The second-order valence-corrected chi connectivity index (χ2v) is 5.39. The Balaban J connectivity index is 1.98. The largest absolute Gasteiger partial charge is 0.316 e. The molecule has 0 radical (unpaired) electrons. The van der Waals surface area contributed by atoms with Crippen LogP contribution in [0.5, 0.6) is 0 Å². The Labute approximate surface area is 96.4 Å². The number of nitrogens with one attached hydrogen (secondary N) is 1. The third kappa shape index (κ3) is 1.56. The van der Waals surface area contributed by atoms with Crippen molar-refractivity contribution >= 4 is 0 Å². The van der Waals surface area contributed by atoms with Crippen LogP contribution in [0, 0.1) is 0 Å². The van der Waals surface area contributed by atoms with Gasteiger partial charge < -0.3 is 9.88 Å². The highest BCUT2D eigenvalue weighted by Crippen LogP contribution is 2.30. The molecule has 4 nitrogen and oxygen atoms in total. The molecular weight excluding hydrogens is 200 g/mol. The van der Waals surface area contributed by atoms with Crippen LogP contribution in [0.4, 0.5) is 0 Å². The zero-order valence-electron chi connectivity index (χ0n) is 10.00. The minimum absolute atomic E-state index is 0.204. The highest BCUT2D eigenvalue weighted by atomic mass is 15.3. The molecule has 88 valence electrons. The summed E-state index contributed by atoms with van der Waals surface area (Å²) in [7, 11) is 0. The third-order valence-corrected chi connectivity index (χ3v) is 4.02. The predicted molar refractivity (Wildman–Crippen MR) is 62.4 cm³/mol. The lowest BCUT2D eigenvalue weighted by atomic mass is 9.89. The van der Waals surface area contributed by atoms with E-state index in [0.29, 0.717) is 0 Å². The molecule has 2 aliphatic heterocycles. The van der Waals surface area contributed by atoms with Gasteiger partial charge in [0.05, 0.1) is 0 Å². The first-order chi connectivity index (χ1) is 7.80. The molecule has 1 aromatic heterocycles. The Morgan fingerprint density at radius 1 is 1.25 bits per heavy atom. The first-order valence-corrected chi connectivity index (χ1v) is 6.43. The molecule has 0 saturated carbocycles. The summed E-state index contributed by atoms with van der Waals surface area (Å²) < 4.78 is 2.39. The molecule has 1 aromatic rings. The van der Waals surface area contributed by atoms with Crippen LogP contribution in [0.1, 0.15) is 44.3 Å². The molecule has 16 heavy (non-hydrogen) atoms. The maximum atomic E-state index is 4.47. The van der Waals surface area contributed by atoms with Gasteiger partial charge in [0.15, 0.2) is 0 Å². The van der Waals surface area contributed by atoms with E-state index >= 15 is 0 Å². The number of hydrogen-bond acceptors (Lipinski definition) is 3. The number of fused-ring (bicyclic) bond motifs is 1. The van der Waals surface area contributed by atoms with Crippen molar-refractivity contribution in [3.63, 3.8) is 0 Å². The highest BCUT2D eigenvalue weighted by molar-refractivity contribution is 5.13. The van der Waals surface area contributed by atoms with Gasteiger partial charge in [0, 0.05) is 24.9 Å². The quantitative estimate of drug-likeness (QED) is 0.774. The van der Waals surface area contributed by atoms with Gasteiger partial charge in [0.25, 0.3) is 0 Å². The number of nitrogens with zero attached hydrogens (tertiary/aromatic N) is 3. The minimum Gasteiger partial charge on any atom is -0.316 e. The van der Waals surface area contributed by atoms with E-state index < -0.39 is 0 Å². The average Bonchev–Trinajstić information content (AvgIpc) is 2.81. The van der Waals surface area contributed by atoms with E-state index in [4.69, 9.17) is 0 Å². The zero-order valence-corrected chi connectivity index (χ0v) is 10.00. The van der Waals surface area contributed by atoms with Crippen molar-refractivity contribution in [2.45, 2.75) is 51.0 Å². The van der Waals surface area contributed by atoms with Gasteiger partial charge in [-0.05, 0) is 25.8 Å². The van der Waals surface area contributed by atoms with E-state index in [1.54, 1.807) is 0 Å². The number of rotatable bonds is 1. The third-order valence-electron chi connectivity index (χ3n) is 4.02. The molecule has 1 fully saturated rings. The van der Waals surface area contributed by atoms with Crippen LogP contribution in [-0.2, 0) is 18.4 Å². The van der Waals surface area contributed by atoms with Gasteiger partial charge in [-0.1, -0.05) is 13.3 Å². The molecule has 0 aliphatic carbocycles. The molecule has 0 bridgehead atoms. The van der Waals surface area contributed by atoms with Crippen LogP contribution in [0.25, 0.3) is 0 Å². The number of hydrogen-bond donors (Lipinski definition) is 1. The maximum Gasteiger partial charge on any atom is 0.140 e. The second-order valence-electron chi connectivity index (χ2n) is 5.39. The molecule has 1 unspecified atom stereocenters. The van der Waals surface area contributed by atoms with E-state index in [1.807, 2.05) is 0 Å². The molecule has 3 rings (SSSR count). The van der Waals surface area contributed by atoms with Crippen molar-refractivity contribution in [3.05, 3.63) is 11.6 Å². The smallest absolute Gasteiger partial charge is 0.140 e. The first kappa shape index (κ1) is 10.3. The molecule has 0 amide bonds. The van der Waals surface area contributed by atoms with E-state index in [-0.39, 0.29) is 5.41 Å². The van der Waals surface area contributed by atoms with Crippen molar-refractivity contribution in [3.8, 4) is 0 Å². The average molecular weight is 220 g/mol. The summed E-state index contributed by atoms with van der Waals surface area (Å²) in [4.78, 5) is 0. The van der Waals surface area contributed by atoms with Gasteiger partial charge in [0.1, 0.15) is 11.6 Å². The van der Waals surface area contributed by atoms with Crippen LogP contribution in [0.15, 0.2) is 0 Å². The fourth-order valence-electron chi connectivity index (χ4n) is 2.94. The summed E-state index contributed by atoms with van der Waals surface area (Å²) in [6.45, 7) is 5.59. The summed E-state index contributed by atoms with van der Waals surface area (Å²) in [5, 5.41) is 12.3. The predicted octanol–water partition coefficient (Wildman–Crippen LogP) is 1.26. The van der Waals surface area contributed by atoms with Gasteiger partial charge in [-0.25, -0.2) is 0 Å². The van der Waals surface area contributed by atoms with E-state index in [0.717, 1.165) is 26.1 Å². The maximum absolute atomic E-state index is 4.47. The van der Waals surface area contributed by atoms with Crippen LogP contribution < -0.4 is 5.32 Å². The molecule has 0 aromatic carbocycles. The zero-order chi connectivity index (χ0) is 11.0. The fourth-order valence-corrected chi connectivity index (χ4v) is 2.94. The lowest BCUT2D eigenvalue weighted by molar-refractivity contribution is 0.449. The highest BCUT2D eigenvalue weighted by Gasteiger charge is 2.36. The molecule has 1 atom stereocenters. The fraction of sp³-hybridized carbons (Fsp3) is 0.833. The summed E-state index contributed by atoms with van der Waals surface area (Å²) in [5.74, 6) is 2.43. The van der Waals surface area contributed by atoms with Crippen molar-refractivity contribution < 1.29 is 0 Å². The van der Waals surface area contributed by atoms with Crippen molar-refractivity contribution in [1.82, 2.24) is 20.1 Å². The molecule has 1 saturated heterocycles. The van der Waals surface area contributed by atoms with Crippen molar-refractivity contribution in [2.24, 2.45) is 0 Å². The second kappa shape index (κ2) is 3.84. The first-order valence-electron chi connectivity index (χ1n) is 6.43.